The van der Waals surface area contributed by atoms with Crippen molar-refractivity contribution < 1.29 is 0 Å². The molecule has 0 fully saturated rings. The molecule has 5 aromatic rings. The molecule has 0 bridgehead atoms. The topological polar surface area (TPSA) is 36.7 Å². The monoisotopic (exact) mass is 488 g/mol. The Labute approximate surface area is 223 Å². The van der Waals surface area contributed by atoms with Crippen molar-refractivity contribution in [3.63, 3.8) is 0 Å². The summed E-state index contributed by atoms with van der Waals surface area (Å²) in [7, 11) is 0. The molecular formula is C36H28N2. The fraction of sp³-hybridized carbons (Fsp3) is 0.0556. The molecular weight excluding hydrogens is 460 g/mol. The highest BCUT2D eigenvalue weighted by Gasteiger charge is 2.13. The number of benzene rings is 4. The molecule has 0 spiro atoms. The minimum atomic E-state index is 0.494. The molecule has 182 valence electrons. The number of hydrogen-bond donors (Lipinski definition) is 1. The van der Waals surface area contributed by atoms with E-state index in [4.69, 9.17) is 0 Å². The van der Waals surface area contributed by atoms with E-state index in [-0.39, 0.29) is 0 Å². The second kappa shape index (κ2) is 10.7. The number of rotatable bonds is 6. The maximum absolute atomic E-state index is 9.18. The fourth-order valence-electron chi connectivity index (χ4n) is 5.13. The van der Waals surface area contributed by atoms with Crippen LogP contribution < -0.4 is 0 Å². The second-order valence-corrected chi connectivity index (χ2v) is 9.56. The Hall–Kier alpha value is -4.82. The summed E-state index contributed by atoms with van der Waals surface area (Å²) in [4.78, 5) is 4.31. The van der Waals surface area contributed by atoms with Gasteiger partial charge in [0.15, 0.2) is 0 Å². The van der Waals surface area contributed by atoms with Crippen molar-refractivity contribution in [2.75, 3.05) is 0 Å². The summed E-state index contributed by atoms with van der Waals surface area (Å²) in [5.74, 6) is 0. The first kappa shape index (κ1) is 23.6. The van der Waals surface area contributed by atoms with E-state index in [1.165, 1.54) is 21.9 Å². The lowest BCUT2D eigenvalue weighted by atomic mass is 9.89. The Morgan fingerprint density at radius 2 is 1.50 bits per heavy atom. The summed E-state index contributed by atoms with van der Waals surface area (Å²) in [5, 5.41) is 11.5. The van der Waals surface area contributed by atoms with Crippen LogP contribution in [0.2, 0.25) is 0 Å². The molecule has 0 atom stereocenters. The largest absolute Gasteiger partial charge is 0.300 e. The lowest BCUT2D eigenvalue weighted by molar-refractivity contribution is 1.05. The van der Waals surface area contributed by atoms with Crippen LogP contribution in [0.25, 0.3) is 33.0 Å². The van der Waals surface area contributed by atoms with Gasteiger partial charge in [0.05, 0.1) is 5.71 Å². The second-order valence-electron chi connectivity index (χ2n) is 9.56. The lowest BCUT2D eigenvalue weighted by Gasteiger charge is -2.15. The van der Waals surface area contributed by atoms with Gasteiger partial charge in [-0.2, -0.15) is 0 Å². The minimum Gasteiger partial charge on any atom is -0.300 e. The third kappa shape index (κ3) is 4.89. The maximum atomic E-state index is 9.18. The predicted molar refractivity (Wildman–Crippen MR) is 160 cm³/mol. The number of aromatic nitrogens is 1. The molecule has 0 aliphatic heterocycles. The maximum Gasteiger partial charge on any atom is 0.0618 e. The quantitative estimate of drug-likeness (QED) is 0.238. The summed E-state index contributed by atoms with van der Waals surface area (Å²) in [6.07, 6.45) is 14.3. The van der Waals surface area contributed by atoms with Crippen LogP contribution in [0, 0.1) is 5.41 Å². The first-order valence-corrected chi connectivity index (χ1v) is 13.0. The summed E-state index contributed by atoms with van der Waals surface area (Å²) < 4.78 is 0. The van der Waals surface area contributed by atoms with Gasteiger partial charge < -0.3 is 5.41 Å². The van der Waals surface area contributed by atoms with Crippen molar-refractivity contribution in [3.8, 4) is 11.1 Å². The van der Waals surface area contributed by atoms with Gasteiger partial charge in [0.25, 0.3) is 0 Å². The molecule has 4 aromatic carbocycles. The first-order chi connectivity index (χ1) is 18.8. The zero-order chi connectivity index (χ0) is 25.7. The van der Waals surface area contributed by atoms with Crippen LogP contribution in [0.15, 0.2) is 140 Å². The van der Waals surface area contributed by atoms with E-state index < -0.39 is 0 Å². The first-order valence-electron chi connectivity index (χ1n) is 13.0. The number of nitrogens with zero attached hydrogens (tertiary/aromatic N) is 1. The lowest BCUT2D eigenvalue weighted by Crippen LogP contribution is -2.00. The zero-order valence-electron chi connectivity index (χ0n) is 21.1. The molecule has 0 unspecified atom stereocenters. The van der Waals surface area contributed by atoms with E-state index in [1.54, 1.807) is 6.20 Å². The third-order valence-corrected chi connectivity index (χ3v) is 7.10. The fourth-order valence-corrected chi connectivity index (χ4v) is 5.13. The van der Waals surface area contributed by atoms with Crippen LogP contribution >= 0.6 is 0 Å². The predicted octanol–water partition coefficient (Wildman–Crippen LogP) is 9.13. The molecule has 38 heavy (non-hydrogen) atoms. The standard InChI is InChI=1S/C36H28N2/c37-36(31-17-7-14-28(23-31)26-10-2-1-3-11-26)24-35(34-20-8-13-27-12-4-5-19-33(27)34)30-16-6-15-29(22-30)32-18-9-21-38-25-32/h1-2,4-10,12-25,37H,3,11H2/b35-24-,37-36?. The van der Waals surface area contributed by atoms with Crippen LogP contribution in [0.1, 0.15) is 35.1 Å². The van der Waals surface area contributed by atoms with Gasteiger partial charge in [-0.25, -0.2) is 0 Å². The Morgan fingerprint density at radius 1 is 0.737 bits per heavy atom. The number of fused-ring (bicyclic) bond motifs is 1. The van der Waals surface area contributed by atoms with Crippen molar-refractivity contribution in [3.05, 3.63) is 162 Å². The normalized spacial score (nSPS) is 13.4. The van der Waals surface area contributed by atoms with E-state index in [9.17, 15) is 5.41 Å². The summed E-state index contributed by atoms with van der Waals surface area (Å²) in [5.41, 5.74) is 9.32. The molecule has 1 aliphatic carbocycles. The van der Waals surface area contributed by atoms with Gasteiger partial charge in [-0.05, 0) is 81.3 Å². The van der Waals surface area contributed by atoms with Crippen LogP contribution in [0.3, 0.4) is 0 Å². The van der Waals surface area contributed by atoms with Gasteiger partial charge in [-0.3, -0.25) is 4.98 Å². The van der Waals surface area contributed by atoms with Crippen molar-refractivity contribution in [1.82, 2.24) is 4.98 Å². The molecule has 1 N–H and O–H groups in total. The molecule has 2 heteroatoms. The van der Waals surface area contributed by atoms with Crippen molar-refractivity contribution in [2.45, 2.75) is 12.8 Å². The van der Waals surface area contributed by atoms with E-state index in [2.05, 4.69) is 114 Å². The Bertz CT molecular complexity index is 1720. The molecule has 1 aromatic heterocycles. The molecule has 6 rings (SSSR count). The van der Waals surface area contributed by atoms with Crippen molar-refractivity contribution >= 4 is 27.6 Å². The van der Waals surface area contributed by atoms with Crippen molar-refractivity contribution in [1.29, 1.82) is 5.41 Å². The molecule has 0 amide bonds. The number of pyridine rings is 1. The highest BCUT2D eigenvalue weighted by Crippen LogP contribution is 2.33. The minimum absolute atomic E-state index is 0.494. The summed E-state index contributed by atoms with van der Waals surface area (Å²) in [6.45, 7) is 0. The Morgan fingerprint density at radius 3 is 2.34 bits per heavy atom. The molecule has 1 aliphatic rings. The van der Waals surface area contributed by atoms with Crippen LogP contribution in [0.5, 0.6) is 0 Å². The molecule has 0 radical (unpaired) electrons. The molecule has 2 nitrogen and oxygen atoms in total. The number of hydrogen-bond acceptors (Lipinski definition) is 2. The van der Waals surface area contributed by atoms with Gasteiger partial charge in [0.2, 0.25) is 0 Å². The zero-order valence-corrected chi connectivity index (χ0v) is 21.1. The highest BCUT2D eigenvalue weighted by molar-refractivity contribution is 6.14. The Balaban J connectivity index is 1.49. The number of allylic oxidation sites excluding steroid dienone is 5. The van der Waals surface area contributed by atoms with Crippen LogP contribution in [-0.2, 0) is 0 Å². The molecule has 0 saturated heterocycles. The number of nitrogens with one attached hydrogen (secondary N) is 1. The highest BCUT2D eigenvalue weighted by atomic mass is 14.6. The summed E-state index contributed by atoms with van der Waals surface area (Å²) >= 11 is 0. The van der Waals surface area contributed by atoms with E-state index in [0.29, 0.717) is 5.71 Å². The molecule has 1 heterocycles. The van der Waals surface area contributed by atoms with E-state index in [0.717, 1.165) is 46.2 Å². The Kier molecular flexibility index (Phi) is 6.61. The SMILES string of the molecule is N=C(/C=C(/c1cccc(-c2cccnc2)c1)c1cccc2ccccc12)c1cccc(C2=CC=CCC2)c1. The van der Waals surface area contributed by atoms with Gasteiger partial charge in [0.1, 0.15) is 0 Å². The average molecular weight is 489 g/mol. The van der Waals surface area contributed by atoms with E-state index in [1.807, 2.05) is 24.4 Å². The van der Waals surface area contributed by atoms with Crippen molar-refractivity contribution in [2.24, 2.45) is 0 Å². The van der Waals surface area contributed by atoms with Gasteiger partial charge in [-0.15, -0.1) is 0 Å². The van der Waals surface area contributed by atoms with Gasteiger partial charge in [-0.1, -0.05) is 103 Å². The van der Waals surface area contributed by atoms with Gasteiger partial charge >= 0.3 is 0 Å². The van der Waals surface area contributed by atoms with Crippen LogP contribution in [0.4, 0.5) is 0 Å². The van der Waals surface area contributed by atoms with Gasteiger partial charge in [0, 0.05) is 23.5 Å². The average Bonchev–Trinajstić information content (AvgIpc) is 3.00. The summed E-state index contributed by atoms with van der Waals surface area (Å²) in [6, 6.07) is 35.8. The van der Waals surface area contributed by atoms with Crippen LogP contribution in [-0.4, -0.2) is 10.7 Å². The third-order valence-electron chi connectivity index (χ3n) is 7.10. The molecule has 0 saturated carbocycles. The smallest absolute Gasteiger partial charge is 0.0618 e. The van der Waals surface area contributed by atoms with E-state index >= 15 is 0 Å².